The van der Waals surface area contributed by atoms with E-state index in [0.717, 1.165) is 17.7 Å². The standard InChI is InChI=1S/C22H22N4O5/c1-2-31-19-11-16-15(10-17(19)25-20(28)8-9-21(29)30)22(24-13-23-16)26-18(12-27)14-6-4-3-5-7-14/h3-11,13,18,27H,2,12H2,1H3,(H,25,28)(H,29,30)(H,23,24,26)/b9-8+/t18-/m1/s1. The van der Waals surface area contributed by atoms with Gasteiger partial charge in [-0.2, -0.15) is 0 Å². The molecule has 31 heavy (non-hydrogen) atoms. The number of anilines is 2. The highest BCUT2D eigenvalue weighted by Gasteiger charge is 2.16. The second-order valence-corrected chi connectivity index (χ2v) is 6.47. The van der Waals surface area contributed by atoms with Crippen LogP contribution in [0.1, 0.15) is 18.5 Å². The lowest BCUT2D eigenvalue weighted by molar-refractivity contribution is -0.131. The lowest BCUT2D eigenvalue weighted by Gasteiger charge is -2.19. The van der Waals surface area contributed by atoms with Gasteiger partial charge in [0.15, 0.2) is 0 Å². The molecule has 160 valence electrons. The van der Waals surface area contributed by atoms with E-state index in [1.165, 1.54) is 6.33 Å². The summed E-state index contributed by atoms with van der Waals surface area (Å²) in [4.78, 5) is 31.3. The second-order valence-electron chi connectivity index (χ2n) is 6.47. The molecule has 9 nitrogen and oxygen atoms in total. The summed E-state index contributed by atoms with van der Waals surface area (Å²) in [7, 11) is 0. The number of carboxylic acids is 1. The number of hydrogen-bond donors (Lipinski definition) is 4. The molecule has 3 aromatic rings. The summed E-state index contributed by atoms with van der Waals surface area (Å²) < 4.78 is 5.61. The predicted octanol–water partition coefficient (Wildman–Crippen LogP) is 2.75. The molecule has 2 aromatic carbocycles. The highest BCUT2D eigenvalue weighted by Crippen LogP contribution is 2.33. The summed E-state index contributed by atoms with van der Waals surface area (Å²) >= 11 is 0. The number of rotatable bonds is 9. The SMILES string of the molecule is CCOc1cc2ncnc(N[C@H](CO)c3ccccc3)c2cc1NC(=O)/C=C/C(=O)O. The molecule has 0 saturated heterocycles. The van der Waals surface area contributed by atoms with Gasteiger partial charge in [0.1, 0.15) is 17.9 Å². The van der Waals surface area contributed by atoms with Crippen molar-refractivity contribution in [1.29, 1.82) is 0 Å². The first kappa shape index (κ1) is 21.7. The van der Waals surface area contributed by atoms with Crippen LogP contribution in [0.3, 0.4) is 0 Å². The van der Waals surface area contributed by atoms with Crippen LogP contribution in [0.2, 0.25) is 0 Å². The lowest BCUT2D eigenvalue weighted by Crippen LogP contribution is -2.16. The Hall–Kier alpha value is -3.98. The van der Waals surface area contributed by atoms with Crippen LogP contribution in [0.15, 0.2) is 60.9 Å². The zero-order chi connectivity index (χ0) is 22.2. The van der Waals surface area contributed by atoms with Crippen LogP contribution in [-0.4, -0.2) is 45.3 Å². The van der Waals surface area contributed by atoms with Gasteiger partial charge in [-0.05, 0) is 18.6 Å². The van der Waals surface area contributed by atoms with Crippen LogP contribution < -0.4 is 15.4 Å². The molecule has 1 amide bonds. The van der Waals surface area contributed by atoms with Crippen LogP contribution >= 0.6 is 0 Å². The fourth-order valence-corrected chi connectivity index (χ4v) is 2.98. The largest absolute Gasteiger partial charge is 0.492 e. The van der Waals surface area contributed by atoms with Gasteiger partial charge in [0.25, 0.3) is 0 Å². The molecule has 1 aromatic heterocycles. The Morgan fingerprint density at radius 1 is 1.16 bits per heavy atom. The Morgan fingerprint density at radius 3 is 2.61 bits per heavy atom. The molecule has 4 N–H and O–H groups in total. The van der Waals surface area contributed by atoms with E-state index >= 15 is 0 Å². The number of fused-ring (bicyclic) bond motifs is 1. The van der Waals surface area contributed by atoms with Gasteiger partial charge < -0.3 is 25.6 Å². The average Bonchev–Trinajstić information content (AvgIpc) is 2.77. The molecule has 1 heterocycles. The molecule has 9 heteroatoms. The van der Waals surface area contributed by atoms with E-state index in [4.69, 9.17) is 9.84 Å². The van der Waals surface area contributed by atoms with Gasteiger partial charge in [0, 0.05) is 23.6 Å². The lowest BCUT2D eigenvalue weighted by atomic mass is 10.1. The van der Waals surface area contributed by atoms with E-state index in [1.807, 2.05) is 30.3 Å². The van der Waals surface area contributed by atoms with Crippen LogP contribution in [0.4, 0.5) is 11.5 Å². The van der Waals surface area contributed by atoms with Gasteiger partial charge in [-0.3, -0.25) is 4.79 Å². The number of benzene rings is 2. The number of carbonyl (C=O) groups is 2. The number of hydrogen-bond acceptors (Lipinski definition) is 7. The molecule has 0 aliphatic rings. The summed E-state index contributed by atoms with van der Waals surface area (Å²) in [5.41, 5.74) is 1.80. The minimum Gasteiger partial charge on any atom is -0.492 e. The summed E-state index contributed by atoms with van der Waals surface area (Å²) in [6.45, 7) is 2.00. The Balaban J connectivity index is 1.99. The molecule has 3 rings (SSSR count). The first-order valence-corrected chi connectivity index (χ1v) is 9.57. The highest BCUT2D eigenvalue weighted by molar-refractivity contribution is 6.05. The third-order valence-corrected chi connectivity index (χ3v) is 4.37. The highest BCUT2D eigenvalue weighted by atomic mass is 16.5. The molecule has 0 bridgehead atoms. The van der Waals surface area contributed by atoms with Gasteiger partial charge >= 0.3 is 5.97 Å². The topological polar surface area (TPSA) is 134 Å². The van der Waals surface area contributed by atoms with Crippen molar-refractivity contribution in [1.82, 2.24) is 9.97 Å². The third kappa shape index (κ3) is 5.55. The number of ether oxygens (including phenoxy) is 1. The monoisotopic (exact) mass is 422 g/mol. The first-order valence-electron chi connectivity index (χ1n) is 9.57. The zero-order valence-corrected chi connectivity index (χ0v) is 16.8. The van der Waals surface area contributed by atoms with Crippen molar-refractivity contribution < 1.29 is 24.5 Å². The number of amides is 1. The van der Waals surface area contributed by atoms with E-state index in [1.54, 1.807) is 19.1 Å². The van der Waals surface area contributed by atoms with Crippen molar-refractivity contribution in [3.63, 3.8) is 0 Å². The van der Waals surface area contributed by atoms with Gasteiger partial charge in [-0.25, -0.2) is 14.8 Å². The maximum Gasteiger partial charge on any atom is 0.328 e. The van der Waals surface area contributed by atoms with Gasteiger partial charge in [0.2, 0.25) is 5.91 Å². The first-order chi connectivity index (χ1) is 15.0. The third-order valence-electron chi connectivity index (χ3n) is 4.37. The smallest absolute Gasteiger partial charge is 0.328 e. The Labute approximate surface area is 178 Å². The molecule has 1 atom stereocenters. The second kappa shape index (κ2) is 10.2. The zero-order valence-electron chi connectivity index (χ0n) is 16.8. The van der Waals surface area contributed by atoms with Crippen LogP contribution in [0.5, 0.6) is 5.75 Å². The molecule has 0 aliphatic heterocycles. The van der Waals surface area contributed by atoms with Gasteiger partial charge in [-0.1, -0.05) is 30.3 Å². The van der Waals surface area contributed by atoms with Crippen molar-refractivity contribution in [2.45, 2.75) is 13.0 Å². The number of aliphatic hydroxyl groups is 1. The van der Waals surface area contributed by atoms with Crippen LogP contribution in [0.25, 0.3) is 10.9 Å². The van der Waals surface area contributed by atoms with E-state index in [9.17, 15) is 14.7 Å². The van der Waals surface area contributed by atoms with Crippen molar-refractivity contribution in [2.75, 3.05) is 23.8 Å². The van der Waals surface area contributed by atoms with E-state index in [-0.39, 0.29) is 6.61 Å². The quantitative estimate of drug-likeness (QED) is 0.387. The molecule has 0 fully saturated rings. The van der Waals surface area contributed by atoms with Gasteiger partial charge in [-0.15, -0.1) is 0 Å². The fraction of sp³-hybridized carbons (Fsp3) is 0.182. The Morgan fingerprint density at radius 2 is 1.94 bits per heavy atom. The average molecular weight is 422 g/mol. The molecular weight excluding hydrogens is 400 g/mol. The van der Waals surface area contributed by atoms with Gasteiger partial charge in [0.05, 0.1) is 30.5 Å². The summed E-state index contributed by atoms with van der Waals surface area (Å²) in [6.07, 6.45) is 3.06. The van der Waals surface area contributed by atoms with Crippen molar-refractivity contribution in [3.05, 3.63) is 66.5 Å². The summed E-state index contributed by atoms with van der Waals surface area (Å²) in [5.74, 6) is -0.993. The number of carboxylic acid groups (broad SMARTS) is 1. The molecule has 0 aliphatic carbocycles. The van der Waals surface area contributed by atoms with E-state index < -0.39 is 17.9 Å². The van der Waals surface area contributed by atoms with Crippen molar-refractivity contribution in [3.8, 4) is 5.75 Å². The number of aliphatic carboxylic acids is 1. The number of aromatic nitrogens is 2. The molecule has 0 unspecified atom stereocenters. The Bertz CT molecular complexity index is 1100. The van der Waals surface area contributed by atoms with E-state index in [0.29, 0.717) is 34.8 Å². The minimum atomic E-state index is -1.23. The summed E-state index contributed by atoms with van der Waals surface area (Å²) in [5, 5.41) is 25.0. The molecule has 0 radical (unpaired) electrons. The molecule has 0 spiro atoms. The normalized spacial score (nSPS) is 11.9. The molecule has 0 saturated carbocycles. The maximum atomic E-state index is 12.1. The predicted molar refractivity (Wildman–Crippen MR) is 116 cm³/mol. The number of carbonyl (C=O) groups excluding carboxylic acids is 1. The van der Waals surface area contributed by atoms with Crippen molar-refractivity contribution >= 4 is 34.3 Å². The van der Waals surface area contributed by atoms with Crippen molar-refractivity contribution in [2.24, 2.45) is 0 Å². The number of aliphatic hydroxyl groups excluding tert-OH is 1. The van der Waals surface area contributed by atoms with Crippen LogP contribution in [0, 0.1) is 0 Å². The number of nitrogens with zero attached hydrogens (tertiary/aromatic N) is 2. The summed E-state index contributed by atoms with van der Waals surface area (Å²) in [6, 6.07) is 12.3. The fourth-order valence-electron chi connectivity index (χ4n) is 2.98. The number of nitrogens with one attached hydrogen (secondary N) is 2. The molecular formula is C22H22N4O5. The van der Waals surface area contributed by atoms with E-state index in [2.05, 4.69) is 20.6 Å². The Kier molecular flexibility index (Phi) is 7.13. The van der Waals surface area contributed by atoms with Crippen LogP contribution in [-0.2, 0) is 9.59 Å². The maximum absolute atomic E-state index is 12.1. The minimum absolute atomic E-state index is 0.157.